The molecule has 38 heavy (non-hydrogen) atoms. The summed E-state index contributed by atoms with van der Waals surface area (Å²) in [5.74, 6) is 1.06. The first kappa shape index (κ1) is 26.8. The fraction of sp³-hybridized carbons (Fsp3) is 0.382. The molecule has 5 rings (SSSR count). The summed E-state index contributed by atoms with van der Waals surface area (Å²) in [4.78, 5) is 5.13. The third-order valence-corrected chi connectivity index (χ3v) is 13.3. The molecule has 4 aromatic rings. The van der Waals surface area contributed by atoms with Crippen molar-refractivity contribution < 1.29 is 9.16 Å². The third kappa shape index (κ3) is 5.35. The molecule has 198 valence electrons. The summed E-state index contributed by atoms with van der Waals surface area (Å²) < 4.78 is 12.7. The maximum Gasteiger partial charge on any atom is 0.261 e. The molecule has 1 saturated carbocycles. The Bertz CT molecular complexity index is 1290. The molecule has 1 aromatic heterocycles. The van der Waals surface area contributed by atoms with Crippen LogP contribution >= 0.6 is 0 Å². The summed E-state index contributed by atoms with van der Waals surface area (Å²) in [7, 11) is -0.759. The Hall–Kier alpha value is -2.79. The van der Waals surface area contributed by atoms with Crippen LogP contribution in [-0.4, -0.2) is 27.0 Å². The first-order valence-corrected chi connectivity index (χ1v) is 16.0. The number of hydrogen-bond donors (Lipinski definition) is 0. The van der Waals surface area contributed by atoms with Crippen LogP contribution in [0, 0.1) is 5.92 Å². The second kappa shape index (κ2) is 11.5. The summed E-state index contributed by atoms with van der Waals surface area (Å²) in [6.07, 6.45) is 5.02. The van der Waals surface area contributed by atoms with Crippen LogP contribution < -0.4 is 10.4 Å². The van der Waals surface area contributed by atoms with E-state index in [1.807, 2.05) is 7.11 Å². The van der Waals surface area contributed by atoms with Crippen LogP contribution in [0.5, 0.6) is 0 Å². The Balaban J connectivity index is 1.45. The summed E-state index contributed by atoms with van der Waals surface area (Å²) >= 11 is 0. The molecule has 2 atom stereocenters. The average molecular weight is 524 g/mol. The second-order valence-corrected chi connectivity index (χ2v) is 16.1. The Morgan fingerprint density at radius 3 is 2.11 bits per heavy atom. The van der Waals surface area contributed by atoms with Gasteiger partial charge in [-0.15, -0.1) is 0 Å². The van der Waals surface area contributed by atoms with Gasteiger partial charge in [0.25, 0.3) is 8.32 Å². The minimum absolute atomic E-state index is 0.0399. The molecule has 1 heterocycles. The van der Waals surface area contributed by atoms with Crippen molar-refractivity contribution >= 4 is 29.6 Å². The lowest BCUT2D eigenvalue weighted by Gasteiger charge is -2.43. The SMILES string of the molecule is COCC1CCCCC1c1ccc2cc(CO[Si](c3ccccc3)(c3ccccc3)C(C)(C)C)ccc2n1. The van der Waals surface area contributed by atoms with Crippen LogP contribution in [0.3, 0.4) is 0 Å². The average Bonchev–Trinajstić information content (AvgIpc) is 2.94. The summed E-state index contributed by atoms with van der Waals surface area (Å²) in [6.45, 7) is 8.37. The number of benzene rings is 3. The Labute approximate surface area is 229 Å². The number of nitrogens with zero attached hydrogens (tertiary/aromatic N) is 1. The van der Waals surface area contributed by atoms with E-state index in [1.54, 1.807) is 0 Å². The zero-order valence-corrected chi connectivity index (χ0v) is 24.3. The highest BCUT2D eigenvalue weighted by Crippen LogP contribution is 2.39. The molecule has 2 unspecified atom stereocenters. The normalized spacial score (nSPS) is 18.5. The van der Waals surface area contributed by atoms with Crippen LogP contribution in [0.1, 0.15) is 63.6 Å². The minimum atomic E-state index is -2.57. The molecule has 0 amide bonds. The van der Waals surface area contributed by atoms with Gasteiger partial charge in [-0.25, -0.2) is 0 Å². The molecule has 1 fully saturated rings. The number of pyridine rings is 1. The van der Waals surface area contributed by atoms with Gasteiger partial charge >= 0.3 is 0 Å². The third-order valence-electron chi connectivity index (χ3n) is 8.32. The van der Waals surface area contributed by atoms with Crippen molar-refractivity contribution in [1.82, 2.24) is 4.98 Å². The van der Waals surface area contributed by atoms with E-state index in [4.69, 9.17) is 14.1 Å². The van der Waals surface area contributed by atoms with Gasteiger partial charge in [0.2, 0.25) is 0 Å². The van der Waals surface area contributed by atoms with Crippen molar-refractivity contribution in [2.75, 3.05) is 13.7 Å². The first-order valence-electron chi connectivity index (χ1n) is 14.1. The summed E-state index contributed by atoms with van der Waals surface area (Å²) in [5.41, 5.74) is 3.48. The molecule has 0 radical (unpaired) electrons. The van der Waals surface area contributed by atoms with Crippen molar-refractivity contribution in [2.45, 2.75) is 64.0 Å². The van der Waals surface area contributed by atoms with Gasteiger partial charge in [0, 0.05) is 30.7 Å². The van der Waals surface area contributed by atoms with Crippen LogP contribution in [0.4, 0.5) is 0 Å². The zero-order chi connectivity index (χ0) is 26.6. The van der Waals surface area contributed by atoms with E-state index < -0.39 is 8.32 Å². The molecule has 4 heteroatoms. The highest BCUT2D eigenvalue weighted by Gasteiger charge is 2.50. The monoisotopic (exact) mass is 523 g/mol. The quantitative estimate of drug-likeness (QED) is 0.228. The van der Waals surface area contributed by atoms with Gasteiger partial charge in [0.1, 0.15) is 0 Å². The van der Waals surface area contributed by atoms with Crippen LogP contribution in [0.25, 0.3) is 10.9 Å². The van der Waals surface area contributed by atoms with Gasteiger partial charge in [-0.2, -0.15) is 0 Å². The summed E-state index contributed by atoms with van der Waals surface area (Å²) in [5, 5.41) is 3.76. The molecule has 1 aliphatic rings. The number of rotatable bonds is 8. The van der Waals surface area contributed by atoms with Gasteiger partial charge in [0.15, 0.2) is 0 Å². The highest BCUT2D eigenvalue weighted by atomic mass is 28.4. The van der Waals surface area contributed by atoms with Gasteiger partial charge in [-0.1, -0.05) is 106 Å². The second-order valence-electron chi connectivity index (χ2n) is 11.8. The minimum Gasteiger partial charge on any atom is -0.403 e. The largest absolute Gasteiger partial charge is 0.403 e. The van der Waals surface area contributed by atoms with Crippen molar-refractivity contribution in [3.8, 4) is 0 Å². The molecule has 3 aromatic carbocycles. The number of ether oxygens (including phenoxy) is 1. The molecule has 0 spiro atoms. The fourth-order valence-corrected chi connectivity index (χ4v) is 11.0. The Morgan fingerprint density at radius 1 is 0.816 bits per heavy atom. The topological polar surface area (TPSA) is 31.4 Å². The van der Waals surface area contributed by atoms with Gasteiger partial charge < -0.3 is 9.16 Å². The predicted molar refractivity (Wildman–Crippen MR) is 161 cm³/mol. The van der Waals surface area contributed by atoms with E-state index >= 15 is 0 Å². The molecular formula is C34H41NO2Si. The van der Waals surface area contributed by atoms with E-state index in [-0.39, 0.29) is 5.04 Å². The number of aromatic nitrogens is 1. The van der Waals surface area contributed by atoms with Crippen molar-refractivity contribution in [2.24, 2.45) is 5.92 Å². The standard InChI is InChI=1S/C34H41NO2Si/c1-34(2,3)38(29-14-7-5-8-15-29,30-16-9-6-10-17-30)37-24-26-19-21-32-27(23-26)20-22-33(35-32)31-18-12-11-13-28(31)25-36-4/h5-10,14-17,19-23,28,31H,11-13,18,24-25H2,1-4H3. The lowest BCUT2D eigenvalue weighted by molar-refractivity contribution is 0.117. The first-order chi connectivity index (χ1) is 18.4. The lowest BCUT2D eigenvalue weighted by atomic mass is 9.77. The van der Waals surface area contributed by atoms with Gasteiger partial charge in [-0.3, -0.25) is 4.98 Å². The number of hydrogen-bond acceptors (Lipinski definition) is 3. The maximum absolute atomic E-state index is 7.17. The molecule has 1 aliphatic carbocycles. The highest BCUT2D eigenvalue weighted by molar-refractivity contribution is 6.99. The van der Waals surface area contributed by atoms with E-state index in [1.165, 1.54) is 52.7 Å². The molecule has 0 saturated heterocycles. The van der Waals surface area contributed by atoms with Crippen molar-refractivity contribution in [3.63, 3.8) is 0 Å². The van der Waals surface area contributed by atoms with E-state index in [9.17, 15) is 0 Å². The van der Waals surface area contributed by atoms with Crippen LogP contribution in [0.15, 0.2) is 91.0 Å². The van der Waals surface area contributed by atoms with Crippen LogP contribution in [-0.2, 0) is 15.8 Å². The van der Waals surface area contributed by atoms with Gasteiger partial charge in [0.05, 0.1) is 12.1 Å². The number of methoxy groups -OCH3 is 1. The molecule has 0 aliphatic heterocycles. The molecule has 0 bridgehead atoms. The van der Waals surface area contributed by atoms with Gasteiger partial charge in [-0.05, 0) is 57.9 Å². The molecular weight excluding hydrogens is 482 g/mol. The fourth-order valence-electron chi connectivity index (χ4n) is 6.45. The van der Waals surface area contributed by atoms with E-state index in [0.29, 0.717) is 18.4 Å². The lowest BCUT2D eigenvalue weighted by Crippen LogP contribution is -2.66. The van der Waals surface area contributed by atoms with Crippen molar-refractivity contribution in [3.05, 3.63) is 102 Å². The Kier molecular flexibility index (Phi) is 8.13. The summed E-state index contributed by atoms with van der Waals surface area (Å²) in [6, 6.07) is 32.9. The van der Waals surface area contributed by atoms with E-state index in [0.717, 1.165) is 12.1 Å². The Morgan fingerprint density at radius 2 is 1.47 bits per heavy atom. The smallest absolute Gasteiger partial charge is 0.261 e. The molecule has 0 N–H and O–H groups in total. The van der Waals surface area contributed by atoms with E-state index in [2.05, 4.69) is 112 Å². The predicted octanol–water partition coefficient (Wildman–Crippen LogP) is 7.23. The van der Waals surface area contributed by atoms with Crippen molar-refractivity contribution in [1.29, 1.82) is 0 Å². The maximum atomic E-state index is 7.17. The molecule has 3 nitrogen and oxygen atoms in total. The zero-order valence-electron chi connectivity index (χ0n) is 23.3. The number of fused-ring (bicyclic) bond motifs is 1. The van der Waals surface area contributed by atoms with Crippen LogP contribution in [0.2, 0.25) is 5.04 Å².